The predicted molar refractivity (Wildman–Crippen MR) is 105 cm³/mol. The molecule has 3 rings (SSSR count). The van der Waals surface area contributed by atoms with Crippen LogP contribution < -0.4 is 0 Å². The van der Waals surface area contributed by atoms with Gasteiger partial charge in [0.2, 0.25) is 0 Å². The summed E-state index contributed by atoms with van der Waals surface area (Å²) in [6.07, 6.45) is -9.69. The zero-order chi connectivity index (χ0) is 27.1. The molecule has 1 fully saturated rings. The number of carbonyl (C=O) groups excluding carboxylic acids is 2. The van der Waals surface area contributed by atoms with Crippen LogP contribution in [0.4, 0.5) is 0 Å². The first kappa shape index (κ1) is 21.8. The normalized spacial score (nSPS) is 25.2. The van der Waals surface area contributed by atoms with Crippen molar-refractivity contribution in [3.8, 4) is 34.5 Å². The number of esters is 2. The Balaban J connectivity index is 1.76. The molecule has 1 unspecified atom stereocenters. The Morgan fingerprint density at radius 1 is 0.824 bits per heavy atom. The number of hydrogen-bond donors (Lipinski definition) is 9. The molecule has 5 atom stereocenters. The van der Waals surface area contributed by atoms with Crippen molar-refractivity contribution in [1.29, 1.82) is 0 Å². The fourth-order valence-corrected chi connectivity index (χ4v) is 2.93. The summed E-state index contributed by atoms with van der Waals surface area (Å²) < 4.78 is 30.0. The van der Waals surface area contributed by atoms with Gasteiger partial charge < -0.3 is 60.2 Å². The molecule has 14 heteroatoms. The third kappa shape index (κ3) is 4.84. The maximum atomic E-state index is 12.5. The van der Waals surface area contributed by atoms with Crippen LogP contribution in [0.2, 0.25) is 0 Å². The predicted octanol–water partition coefficient (Wildman–Crippen LogP) is -1.26. The lowest BCUT2D eigenvalue weighted by atomic mass is 9.99. The van der Waals surface area contributed by atoms with Crippen LogP contribution in [0.5, 0.6) is 34.5 Å². The molecule has 0 radical (unpaired) electrons. The molecule has 0 spiro atoms. The molecule has 184 valence electrons. The number of aromatic hydroxyl groups is 6. The Morgan fingerprint density at radius 2 is 1.32 bits per heavy atom. The van der Waals surface area contributed by atoms with Gasteiger partial charge in [-0.05, 0) is 24.2 Å². The third-order valence-electron chi connectivity index (χ3n) is 4.72. The van der Waals surface area contributed by atoms with Gasteiger partial charge in [0.25, 0.3) is 0 Å². The molecular weight excluding hydrogens is 464 g/mol. The molecule has 0 bridgehead atoms. The van der Waals surface area contributed by atoms with Crippen molar-refractivity contribution in [2.24, 2.45) is 0 Å². The van der Waals surface area contributed by atoms with Crippen LogP contribution in [0.1, 0.15) is 23.5 Å². The molecule has 2 aromatic carbocycles. The highest BCUT2D eigenvalue weighted by Crippen LogP contribution is 2.37. The van der Waals surface area contributed by atoms with Gasteiger partial charge >= 0.3 is 11.9 Å². The van der Waals surface area contributed by atoms with Crippen LogP contribution in [0.25, 0.3) is 0 Å². The Morgan fingerprint density at radius 3 is 1.85 bits per heavy atom. The number of ether oxygens (including phenoxy) is 3. The maximum absolute atomic E-state index is 12.5. The molecule has 0 aromatic heterocycles. The molecule has 0 aliphatic carbocycles. The first-order valence-electron chi connectivity index (χ1n) is 10.3. The van der Waals surface area contributed by atoms with Gasteiger partial charge in [-0.3, -0.25) is 0 Å². The highest BCUT2D eigenvalue weighted by molar-refractivity contribution is 5.91. The van der Waals surface area contributed by atoms with Crippen molar-refractivity contribution < 1.29 is 72.5 Å². The number of benzene rings is 2. The lowest BCUT2D eigenvalue weighted by molar-refractivity contribution is -0.285. The minimum absolute atomic E-state index is 0.578. The van der Waals surface area contributed by atoms with Crippen molar-refractivity contribution in [1.82, 2.24) is 0 Å². The molecule has 0 amide bonds. The van der Waals surface area contributed by atoms with Crippen molar-refractivity contribution in [2.45, 2.75) is 30.7 Å². The van der Waals surface area contributed by atoms with Gasteiger partial charge in [0, 0.05) is 0 Å². The largest absolute Gasteiger partial charge is 0.504 e. The number of rotatable bonds is 5. The van der Waals surface area contributed by atoms with Gasteiger partial charge in [0.1, 0.15) is 24.9 Å². The molecule has 2 aromatic rings. The lowest BCUT2D eigenvalue weighted by Crippen LogP contribution is -2.60. The van der Waals surface area contributed by atoms with E-state index < -0.39 is 107 Å². The van der Waals surface area contributed by atoms with Crippen LogP contribution in [-0.2, 0) is 14.2 Å². The minimum Gasteiger partial charge on any atom is -0.504 e. The van der Waals surface area contributed by atoms with Crippen molar-refractivity contribution in [3.05, 3.63) is 35.3 Å². The Bertz CT molecular complexity index is 1200. The van der Waals surface area contributed by atoms with Gasteiger partial charge in [-0.15, -0.1) is 0 Å². The van der Waals surface area contributed by atoms with E-state index in [4.69, 9.17) is 17.0 Å². The minimum atomic E-state index is -2.08. The molecule has 9 N–H and O–H groups in total. The number of aliphatic hydroxyl groups is 3. The number of carbonyl (C=O) groups is 2. The van der Waals surface area contributed by atoms with E-state index in [0.29, 0.717) is 12.1 Å². The Labute approximate surface area is 192 Å². The van der Waals surface area contributed by atoms with Gasteiger partial charge in [0.15, 0.2) is 46.9 Å². The zero-order valence-electron chi connectivity index (χ0n) is 18.8. The molecule has 1 heterocycles. The van der Waals surface area contributed by atoms with E-state index in [9.17, 15) is 55.5 Å². The molecule has 0 saturated carbocycles. The smallest absolute Gasteiger partial charge is 0.338 e. The number of aliphatic hydroxyl groups excluding tert-OH is 3. The van der Waals surface area contributed by atoms with Crippen molar-refractivity contribution in [2.75, 3.05) is 6.61 Å². The fourth-order valence-electron chi connectivity index (χ4n) is 2.93. The summed E-state index contributed by atoms with van der Waals surface area (Å²) in [4.78, 5) is 24.7. The molecule has 34 heavy (non-hydrogen) atoms. The first-order chi connectivity index (χ1) is 16.8. The molecular formula is C20H20O14. The van der Waals surface area contributed by atoms with E-state index >= 15 is 0 Å². The first-order valence-corrected chi connectivity index (χ1v) is 9.32. The second-order valence-corrected chi connectivity index (χ2v) is 7.05. The van der Waals surface area contributed by atoms with Crippen LogP contribution in [0.15, 0.2) is 24.2 Å². The number of hydrogen-bond acceptors (Lipinski definition) is 14. The van der Waals surface area contributed by atoms with Gasteiger partial charge in [0.05, 0.1) is 13.9 Å². The molecule has 1 saturated heterocycles. The quantitative estimate of drug-likeness (QED) is 0.177. The van der Waals surface area contributed by atoms with Crippen molar-refractivity contribution >= 4 is 11.9 Å². The van der Waals surface area contributed by atoms with Crippen LogP contribution in [-0.4, -0.2) is 95.2 Å². The van der Waals surface area contributed by atoms with Gasteiger partial charge in [-0.2, -0.15) is 0 Å². The average molecular weight is 486 g/mol. The van der Waals surface area contributed by atoms with E-state index in [-0.39, 0.29) is 0 Å². The highest BCUT2D eigenvalue weighted by atomic mass is 16.7. The molecule has 1 aliphatic rings. The Hall–Kier alpha value is -3.98. The Kier molecular flexibility index (Phi) is 6.09. The van der Waals surface area contributed by atoms with Crippen LogP contribution in [0.3, 0.4) is 0 Å². The average Bonchev–Trinajstić information content (AvgIpc) is 2.84. The summed E-state index contributed by atoms with van der Waals surface area (Å²) in [6, 6.07) is -0.644. The van der Waals surface area contributed by atoms with Gasteiger partial charge in [-0.25, -0.2) is 9.59 Å². The van der Waals surface area contributed by atoms with Crippen molar-refractivity contribution in [3.63, 3.8) is 0 Å². The van der Waals surface area contributed by atoms with Crippen LogP contribution in [0, 0.1) is 0 Å². The number of phenolic OH excluding ortho intramolecular Hbond substituents is 6. The monoisotopic (exact) mass is 486 g/mol. The summed E-state index contributed by atoms with van der Waals surface area (Å²) in [5, 5.41) is 87.7. The summed E-state index contributed by atoms with van der Waals surface area (Å²) >= 11 is 0. The maximum Gasteiger partial charge on any atom is 0.338 e. The summed E-state index contributed by atoms with van der Waals surface area (Å²) in [5.41, 5.74) is -1.47. The summed E-state index contributed by atoms with van der Waals surface area (Å²) in [6.45, 7) is -0.871. The third-order valence-corrected chi connectivity index (χ3v) is 4.72. The number of phenols is 6. The topological polar surface area (TPSA) is 244 Å². The second-order valence-electron chi connectivity index (χ2n) is 7.05. The highest BCUT2D eigenvalue weighted by Gasteiger charge is 2.47. The van der Waals surface area contributed by atoms with E-state index in [0.717, 1.165) is 0 Å². The molecule has 1 aliphatic heterocycles. The van der Waals surface area contributed by atoms with Gasteiger partial charge in [-0.1, -0.05) is 0 Å². The van der Waals surface area contributed by atoms with E-state index in [1.165, 1.54) is 0 Å². The van der Waals surface area contributed by atoms with Crippen LogP contribution >= 0.6 is 0 Å². The second kappa shape index (κ2) is 9.48. The SMILES string of the molecule is [2H]c1c(C(=O)OC[C@H]2OC(O)[C@H](O)[C@@H](OC(=O)c3cc(O)c(O)c(O)c3[2H])[C@@H]2O)cc(O)c(O)c1O. The zero-order valence-corrected chi connectivity index (χ0v) is 16.8. The fraction of sp³-hybridized carbons (Fsp3) is 0.300. The van der Waals surface area contributed by atoms with E-state index in [2.05, 4.69) is 0 Å². The standard InChI is InChI=1S/C20H20O14/c21-8-1-6(2-9(22)13(8)25)18(29)32-5-12-15(27)17(16(28)20(31)33-12)34-19(30)7-3-10(23)14(26)11(24)4-7/h1-4,12,15-17,20-28,31H,5H2/t12-,15-,16-,17+,20?/m1/s1/i1D,3D. The van der Waals surface area contributed by atoms with E-state index in [1.807, 2.05) is 0 Å². The molecule has 14 nitrogen and oxygen atoms in total. The lowest BCUT2D eigenvalue weighted by Gasteiger charge is -2.39. The summed E-state index contributed by atoms with van der Waals surface area (Å²) in [7, 11) is 0. The van der Waals surface area contributed by atoms with E-state index in [1.54, 1.807) is 0 Å². The summed E-state index contributed by atoms with van der Waals surface area (Å²) in [5.74, 6) is -9.09.